The van der Waals surface area contributed by atoms with Crippen LogP contribution in [0.5, 0.6) is 0 Å². The van der Waals surface area contributed by atoms with Gasteiger partial charge in [0.1, 0.15) is 0 Å². The molecular formula is C21H24N2O. The number of carbonyl (C=O) groups excluding carboxylic acids is 1. The molecule has 0 saturated heterocycles. The monoisotopic (exact) mass is 320 g/mol. The molecule has 3 heteroatoms. The Morgan fingerprint density at radius 3 is 2.79 bits per heavy atom. The Hall–Kier alpha value is -2.39. The Labute approximate surface area is 143 Å². The molecule has 2 aromatic rings. The second kappa shape index (κ2) is 7.93. The number of hydrogen-bond acceptors (Lipinski definition) is 2. The van der Waals surface area contributed by atoms with Crippen molar-refractivity contribution >= 4 is 17.7 Å². The zero-order chi connectivity index (χ0) is 16.8. The SMILES string of the molecule is CC(=O)Nc1cccc2c1CCC(NC/C=C/c1ccccc1)C2. The Kier molecular flexibility index (Phi) is 5.44. The van der Waals surface area contributed by atoms with Gasteiger partial charge in [-0.25, -0.2) is 0 Å². The van der Waals surface area contributed by atoms with Crippen LogP contribution in [0.1, 0.15) is 30.0 Å². The van der Waals surface area contributed by atoms with E-state index in [-0.39, 0.29) is 5.91 Å². The summed E-state index contributed by atoms with van der Waals surface area (Å²) in [6, 6.07) is 17.0. The van der Waals surface area contributed by atoms with Gasteiger partial charge in [-0.05, 0) is 42.0 Å². The smallest absolute Gasteiger partial charge is 0.221 e. The van der Waals surface area contributed by atoms with Crippen LogP contribution >= 0.6 is 0 Å². The van der Waals surface area contributed by atoms with Crippen molar-refractivity contribution in [3.8, 4) is 0 Å². The third-order valence-electron chi connectivity index (χ3n) is 4.43. The summed E-state index contributed by atoms with van der Waals surface area (Å²) in [4.78, 5) is 11.3. The highest BCUT2D eigenvalue weighted by Crippen LogP contribution is 2.28. The minimum Gasteiger partial charge on any atom is -0.326 e. The maximum absolute atomic E-state index is 11.3. The average Bonchev–Trinajstić information content (AvgIpc) is 2.59. The minimum absolute atomic E-state index is 0.00491. The van der Waals surface area contributed by atoms with Crippen molar-refractivity contribution in [1.29, 1.82) is 0 Å². The summed E-state index contributed by atoms with van der Waals surface area (Å²) in [5.74, 6) is -0.00491. The maximum Gasteiger partial charge on any atom is 0.221 e. The maximum atomic E-state index is 11.3. The first-order valence-corrected chi connectivity index (χ1v) is 8.55. The summed E-state index contributed by atoms with van der Waals surface area (Å²) in [5.41, 5.74) is 4.85. The molecular weight excluding hydrogens is 296 g/mol. The van der Waals surface area contributed by atoms with E-state index in [1.807, 2.05) is 18.2 Å². The molecule has 2 aromatic carbocycles. The van der Waals surface area contributed by atoms with Crippen molar-refractivity contribution in [3.05, 3.63) is 71.3 Å². The number of fused-ring (bicyclic) bond motifs is 1. The standard InChI is InChI=1S/C21H24N2O/c1-16(24)23-21-11-5-10-18-15-19(12-13-20(18)21)22-14-6-9-17-7-3-2-4-8-17/h2-11,19,22H,12-15H2,1H3,(H,23,24)/b9-6+. The van der Waals surface area contributed by atoms with Crippen molar-refractivity contribution in [2.45, 2.75) is 32.2 Å². The number of benzene rings is 2. The molecule has 1 aliphatic rings. The quantitative estimate of drug-likeness (QED) is 0.879. The summed E-state index contributed by atoms with van der Waals surface area (Å²) in [6.07, 6.45) is 7.45. The molecule has 0 spiro atoms. The first kappa shape index (κ1) is 16.5. The van der Waals surface area contributed by atoms with Gasteiger partial charge < -0.3 is 10.6 Å². The van der Waals surface area contributed by atoms with Gasteiger partial charge in [0.05, 0.1) is 0 Å². The Bertz CT molecular complexity index is 722. The fraction of sp³-hybridized carbons (Fsp3) is 0.286. The van der Waals surface area contributed by atoms with E-state index in [9.17, 15) is 4.79 Å². The lowest BCUT2D eigenvalue weighted by Gasteiger charge is -2.27. The van der Waals surface area contributed by atoms with Crippen LogP contribution in [0.15, 0.2) is 54.6 Å². The van der Waals surface area contributed by atoms with Crippen molar-refractivity contribution in [2.75, 3.05) is 11.9 Å². The van der Waals surface area contributed by atoms with E-state index in [2.05, 4.69) is 53.1 Å². The van der Waals surface area contributed by atoms with E-state index in [0.717, 1.165) is 31.5 Å². The van der Waals surface area contributed by atoms with Crippen LogP contribution in [-0.4, -0.2) is 18.5 Å². The highest BCUT2D eigenvalue weighted by Gasteiger charge is 2.20. The molecule has 0 radical (unpaired) electrons. The molecule has 1 atom stereocenters. The molecule has 124 valence electrons. The number of rotatable bonds is 5. The van der Waals surface area contributed by atoms with E-state index in [0.29, 0.717) is 6.04 Å². The minimum atomic E-state index is -0.00491. The Morgan fingerprint density at radius 2 is 2.00 bits per heavy atom. The number of amides is 1. The van der Waals surface area contributed by atoms with E-state index in [1.54, 1.807) is 6.92 Å². The lowest BCUT2D eigenvalue weighted by atomic mass is 9.87. The van der Waals surface area contributed by atoms with E-state index in [1.165, 1.54) is 16.7 Å². The molecule has 0 fully saturated rings. The second-order valence-corrected chi connectivity index (χ2v) is 6.29. The van der Waals surface area contributed by atoms with Crippen LogP contribution < -0.4 is 10.6 Å². The van der Waals surface area contributed by atoms with Crippen LogP contribution in [0.2, 0.25) is 0 Å². The lowest BCUT2D eigenvalue weighted by molar-refractivity contribution is -0.114. The van der Waals surface area contributed by atoms with Gasteiger partial charge in [0.15, 0.2) is 0 Å². The molecule has 2 N–H and O–H groups in total. The van der Waals surface area contributed by atoms with Crippen molar-refractivity contribution < 1.29 is 4.79 Å². The van der Waals surface area contributed by atoms with Crippen LogP contribution in [0.25, 0.3) is 6.08 Å². The summed E-state index contributed by atoms with van der Waals surface area (Å²) < 4.78 is 0. The average molecular weight is 320 g/mol. The molecule has 0 aliphatic heterocycles. The predicted octanol–water partition coefficient (Wildman–Crippen LogP) is 3.81. The number of hydrogen-bond donors (Lipinski definition) is 2. The summed E-state index contributed by atoms with van der Waals surface area (Å²) in [5, 5.41) is 6.57. The topological polar surface area (TPSA) is 41.1 Å². The van der Waals surface area contributed by atoms with Crippen LogP contribution in [0.3, 0.4) is 0 Å². The molecule has 0 heterocycles. The number of anilines is 1. The largest absolute Gasteiger partial charge is 0.326 e. The van der Waals surface area contributed by atoms with E-state index < -0.39 is 0 Å². The zero-order valence-corrected chi connectivity index (χ0v) is 14.1. The molecule has 3 nitrogen and oxygen atoms in total. The fourth-order valence-corrected chi connectivity index (χ4v) is 3.28. The second-order valence-electron chi connectivity index (χ2n) is 6.29. The van der Waals surface area contributed by atoms with Gasteiger partial charge in [0, 0.05) is 25.2 Å². The van der Waals surface area contributed by atoms with Gasteiger partial charge >= 0.3 is 0 Å². The summed E-state index contributed by atoms with van der Waals surface area (Å²) >= 11 is 0. The molecule has 1 amide bonds. The number of carbonyl (C=O) groups is 1. The summed E-state index contributed by atoms with van der Waals surface area (Å²) in [6.45, 7) is 2.44. The molecule has 0 bridgehead atoms. The highest BCUT2D eigenvalue weighted by molar-refractivity contribution is 5.89. The van der Waals surface area contributed by atoms with Gasteiger partial charge in [-0.1, -0.05) is 54.6 Å². The molecule has 3 rings (SSSR count). The van der Waals surface area contributed by atoms with Gasteiger partial charge in [-0.15, -0.1) is 0 Å². The van der Waals surface area contributed by atoms with E-state index >= 15 is 0 Å². The van der Waals surface area contributed by atoms with Crippen LogP contribution in [-0.2, 0) is 17.6 Å². The Balaban J connectivity index is 1.56. The molecule has 0 saturated carbocycles. The van der Waals surface area contributed by atoms with Crippen molar-refractivity contribution in [3.63, 3.8) is 0 Å². The fourth-order valence-electron chi connectivity index (χ4n) is 3.28. The molecule has 1 aliphatic carbocycles. The predicted molar refractivity (Wildman–Crippen MR) is 100 cm³/mol. The lowest BCUT2D eigenvalue weighted by Crippen LogP contribution is -2.34. The van der Waals surface area contributed by atoms with Gasteiger partial charge in [-0.2, -0.15) is 0 Å². The summed E-state index contributed by atoms with van der Waals surface area (Å²) in [7, 11) is 0. The molecule has 1 unspecified atom stereocenters. The van der Waals surface area contributed by atoms with Crippen molar-refractivity contribution in [2.24, 2.45) is 0 Å². The zero-order valence-electron chi connectivity index (χ0n) is 14.1. The molecule has 24 heavy (non-hydrogen) atoms. The van der Waals surface area contributed by atoms with E-state index in [4.69, 9.17) is 0 Å². The van der Waals surface area contributed by atoms with Crippen molar-refractivity contribution in [1.82, 2.24) is 5.32 Å². The number of nitrogens with one attached hydrogen (secondary N) is 2. The van der Waals surface area contributed by atoms with Crippen LogP contribution in [0.4, 0.5) is 5.69 Å². The third kappa shape index (κ3) is 4.33. The third-order valence-corrected chi connectivity index (χ3v) is 4.43. The first-order valence-electron chi connectivity index (χ1n) is 8.55. The molecule has 0 aromatic heterocycles. The van der Waals surface area contributed by atoms with Gasteiger partial charge in [0.2, 0.25) is 5.91 Å². The first-order chi connectivity index (χ1) is 11.7. The van der Waals surface area contributed by atoms with Gasteiger partial charge in [0.25, 0.3) is 0 Å². The Morgan fingerprint density at radius 1 is 1.17 bits per heavy atom. The van der Waals surface area contributed by atoms with Crippen LogP contribution in [0, 0.1) is 0 Å². The van der Waals surface area contributed by atoms with Gasteiger partial charge in [-0.3, -0.25) is 4.79 Å². The normalized spacial score (nSPS) is 16.8. The highest BCUT2D eigenvalue weighted by atomic mass is 16.1.